The Bertz CT molecular complexity index is 717. The Morgan fingerprint density at radius 3 is 2.47 bits per heavy atom. The number of unbranched alkanes of at least 4 members (excludes halogenated alkanes) is 1. The van der Waals surface area contributed by atoms with Crippen LogP contribution in [-0.4, -0.2) is 64.9 Å². The molecule has 0 radical (unpaired) electrons. The normalized spacial score (nSPS) is 12.0. The quantitative estimate of drug-likeness (QED) is 0.424. The molecule has 0 aliphatic carbocycles. The van der Waals surface area contributed by atoms with E-state index in [-0.39, 0.29) is 18.9 Å². The summed E-state index contributed by atoms with van der Waals surface area (Å²) in [5, 5.41) is 24.5. The van der Waals surface area contributed by atoms with Crippen molar-refractivity contribution >= 4 is 17.9 Å². The van der Waals surface area contributed by atoms with Crippen LogP contribution < -0.4 is 10.6 Å². The van der Waals surface area contributed by atoms with Gasteiger partial charge in [-0.15, -0.1) is 0 Å². The van der Waals surface area contributed by atoms with Gasteiger partial charge in [-0.25, -0.2) is 4.79 Å². The number of alkyl carbamates (subject to hydrolysis) is 1. The van der Waals surface area contributed by atoms with Crippen molar-refractivity contribution in [2.45, 2.75) is 52.2 Å². The van der Waals surface area contributed by atoms with Crippen molar-refractivity contribution in [3.8, 4) is 5.75 Å². The summed E-state index contributed by atoms with van der Waals surface area (Å²) in [4.78, 5) is 38.8. The summed E-state index contributed by atoms with van der Waals surface area (Å²) < 4.78 is 5.12. The molecule has 0 heterocycles. The first-order valence-corrected chi connectivity index (χ1v) is 10.0. The number of aliphatic hydroxyl groups is 1. The maximum absolute atomic E-state index is 12.9. The summed E-state index contributed by atoms with van der Waals surface area (Å²) >= 11 is 0. The van der Waals surface area contributed by atoms with Crippen LogP contribution in [0.15, 0.2) is 24.3 Å². The number of benzene rings is 1. The zero-order chi connectivity index (χ0) is 22.7. The number of phenolic OH excluding ortho intramolecular Hbond substituents is 1. The number of aliphatic hydroxyl groups excluding tert-OH is 1. The molecule has 168 valence electrons. The first-order valence-electron chi connectivity index (χ1n) is 10.0. The molecule has 0 aliphatic heterocycles. The molecular weight excluding hydrogens is 390 g/mol. The number of hydrogen-bond acceptors (Lipinski definition) is 6. The third-order valence-corrected chi connectivity index (χ3v) is 4.02. The first kappa shape index (κ1) is 25.2. The van der Waals surface area contributed by atoms with Gasteiger partial charge in [0, 0.05) is 13.1 Å². The Labute approximate surface area is 177 Å². The number of carbonyl (C=O) groups is 3. The van der Waals surface area contributed by atoms with Crippen LogP contribution in [0.4, 0.5) is 4.79 Å². The molecule has 0 spiro atoms. The maximum Gasteiger partial charge on any atom is 0.408 e. The molecule has 1 aromatic rings. The summed E-state index contributed by atoms with van der Waals surface area (Å²) in [6, 6.07) is 4.95. The van der Waals surface area contributed by atoms with Gasteiger partial charge in [-0.05, 0) is 44.9 Å². The van der Waals surface area contributed by atoms with Crippen molar-refractivity contribution in [2.75, 3.05) is 26.2 Å². The van der Waals surface area contributed by atoms with E-state index >= 15 is 0 Å². The fourth-order valence-corrected chi connectivity index (χ4v) is 2.72. The van der Waals surface area contributed by atoms with Crippen molar-refractivity contribution in [3.05, 3.63) is 29.8 Å². The van der Waals surface area contributed by atoms with Crippen LogP contribution in [0, 0.1) is 0 Å². The van der Waals surface area contributed by atoms with Gasteiger partial charge in [0.25, 0.3) is 0 Å². The molecule has 30 heavy (non-hydrogen) atoms. The lowest BCUT2D eigenvalue weighted by Gasteiger charge is -2.31. The highest BCUT2D eigenvalue weighted by atomic mass is 16.6. The molecule has 0 fully saturated rings. The number of phenols is 1. The van der Waals surface area contributed by atoms with Gasteiger partial charge in [0.2, 0.25) is 11.8 Å². The number of carbonyl (C=O) groups excluding carboxylic acids is 3. The highest BCUT2D eigenvalue weighted by molar-refractivity contribution is 5.90. The minimum atomic E-state index is -1.07. The molecule has 4 N–H and O–H groups in total. The van der Waals surface area contributed by atoms with E-state index in [0.29, 0.717) is 12.1 Å². The second-order valence-electron chi connectivity index (χ2n) is 7.81. The van der Waals surface area contributed by atoms with Crippen molar-refractivity contribution in [2.24, 2.45) is 0 Å². The van der Waals surface area contributed by atoms with E-state index in [2.05, 4.69) is 10.6 Å². The summed E-state index contributed by atoms with van der Waals surface area (Å²) in [6.45, 7) is 6.60. The molecule has 9 nitrogen and oxygen atoms in total. The van der Waals surface area contributed by atoms with Gasteiger partial charge in [-0.3, -0.25) is 9.59 Å². The van der Waals surface area contributed by atoms with E-state index in [1.54, 1.807) is 32.9 Å². The largest absolute Gasteiger partial charge is 0.508 e. The van der Waals surface area contributed by atoms with Crippen molar-refractivity contribution in [3.63, 3.8) is 0 Å². The smallest absolute Gasteiger partial charge is 0.408 e. The first-order chi connectivity index (χ1) is 14.1. The average Bonchev–Trinajstić information content (AvgIpc) is 2.64. The van der Waals surface area contributed by atoms with E-state index in [4.69, 9.17) is 4.74 Å². The Kier molecular flexibility index (Phi) is 10.1. The monoisotopic (exact) mass is 423 g/mol. The lowest BCUT2D eigenvalue weighted by Crippen LogP contribution is -2.48. The summed E-state index contributed by atoms with van der Waals surface area (Å²) in [5.74, 6) is -1.07. The fourth-order valence-electron chi connectivity index (χ4n) is 2.72. The SMILES string of the molecule is CCCCNC(=O)C(c1cccc(O)c1)N(CCO)C(=O)CNC(=O)OC(C)(C)C. The molecule has 1 unspecified atom stereocenters. The van der Waals surface area contributed by atoms with E-state index in [1.165, 1.54) is 17.0 Å². The lowest BCUT2D eigenvalue weighted by molar-refractivity contribution is -0.140. The second kappa shape index (κ2) is 12.0. The number of nitrogens with one attached hydrogen (secondary N) is 2. The van der Waals surface area contributed by atoms with Crippen molar-refractivity contribution < 1.29 is 29.3 Å². The Hall–Kier alpha value is -2.81. The topological polar surface area (TPSA) is 128 Å². The summed E-state index contributed by atoms with van der Waals surface area (Å²) in [7, 11) is 0. The molecule has 1 rings (SSSR count). The summed E-state index contributed by atoms with van der Waals surface area (Å²) in [5.41, 5.74) is -0.329. The average molecular weight is 424 g/mol. The van der Waals surface area contributed by atoms with Gasteiger partial charge in [-0.1, -0.05) is 25.5 Å². The molecule has 1 aromatic carbocycles. The van der Waals surface area contributed by atoms with Gasteiger partial charge >= 0.3 is 6.09 Å². The number of aromatic hydroxyl groups is 1. The summed E-state index contributed by atoms with van der Waals surface area (Å²) in [6.07, 6.45) is 0.893. The maximum atomic E-state index is 12.9. The van der Waals surface area contributed by atoms with Gasteiger partial charge in [0.15, 0.2) is 0 Å². The van der Waals surface area contributed by atoms with E-state index < -0.39 is 36.1 Å². The molecule has 0 aliphatic rings. The van der Waals surface area contributed by atoms with E-state index in [1.807, 2.05) is 6.92 Å². The van der Waals surface area contributed by atoms with Gasteiger partial charge in [-0.2, -0.15) is 0 Å². The van der Waals surface area contributed by atoms with Crippen LogP contribution in [-0.2, 0) is 14.3 Å². The fraction of sp³-hybridized carbons (Fsp3) is 0.571. The minimum Gasteiger partial charge on any atom is -0.508 e. The second-order valence-corrected chi connectivity index (χ2v) is 7.81. The molecule has 0 saturated carbocycles. The number of amides is 3. The van der Waals surface area contributed by atoms with Crippen molar-refractivity contribution in [1.82, 2.24) is 15.5 Å². The molecule has 0 bridgehead atoms. The molecular formula is C21H33N3O6. The van der Waals surface area contributed by atoms with Crippen LogP contribution in [0.1, 0.15) is 52.1 Å². The third kappa shape index (κ3) is 8.69. The van der Waals surface area contributed by atoms with E-state index in [0.717, 1.165) is 12.8 Å². The van der Waals surface area contributed by atoms with Crippen LogP contribution in [0.25, 0.3) is 0 Å². The predicted octanol–water partition coefficient (Wildman–Crippen LogP) is 1.70. The number of nitrogens with zero attached hydrogens (tertiary/aromatic N) is 1. The number of rotatable bonds is 10. The Morgan fingerprint density at radius 1 is 1.20 bits per heavy atom. The minimum absolute atomic E-state index is 0.0536. The zero-order valence-electron chi connectivity index (χ0n) is 18.1. The zero-order valence-corrected chi connectivity index (χ0v) is 18.1. The van der Waals surface area contributed by atoms with E-state index in [9.17, 15) is 24.6 Å². The predicted molar refractivity (Wildman–Crippen MR) is 112 cm³/mol. The van der Waals surface area contributed by atoms with Gasteiger partial charge in [0.1, 0.15) is 23.9 Å². The molecule has 0 aromatic heterocycles. The standard InChI is InChI=1S/C21H33N3O6/c1-5-6-10-22-19(28)18(15-8-7-9-16(26)13-15)24(11-12-25)17(27)14-23-20(29)30-21(2,3)4/h7-9,13,18,25-26H,5-6,10-12,14H2,1-4H3,(H,22,28)(H,23,29). The molecule has 1 atom stereocenters. The van der Waals surface area contributed by atoms with Gasteiger partial charge < -0.3 is 30.5 Å². The van der Waals surface area contributed by atoms with Crippen LogP contribution >= 0.6 is 0 Å². The van der Waals surface area contributed by atoms with Crippen molar-refractivity contribution in [1.29, 1.82) is 0 Å². The van der Waals surface area contributed by atoms with Crippen LogP contribution in [0.5, 0.6) is 5.75 Å². The lowest BCUT2D eigenvalue weighted by atomic mass is 10.0. The van der Waals surface area contributed by atoms with Gasteiger partial charge in [0.05, 0.1) is 6.61 Å². The highest BCUT2D eigenvalue weighted by Crippen LogP contribution is 2.24. The Balaban J connectivity index is 3.06. The Morgan fingerprint density at radius 2 is 1.90 bits per heavy atom. The van der Waals surface area contributed by atoms with Crippen LogP contribution in [0.3, 0.4) is 0 Å². The number of ether oxygens (including phenoxy) is 1. The third-order valence-electron chi connectivity index (χ3n) is 4.02. The number of hydrogen-bond donors (Lipinski definition) is 4. The molecule has 0 saturated heterocycles. The van der Waals surface area contributed by atoms with Crippen LogP contribution in [0.2, 0.25) is 0 Å². The highest BCUT2D eigenvalue weighted by Gasteiger charge is 2.31. The molecule has 9 heteroatoms. The molecule has 3 amide bonds.